The Morgan fingerprint density at radius 1 is 1.03 bits per heavy atom. The molecular formula is C32H33FN4O2. The summed E-state index contributed by atoms with van der Waals surface area (Å²) < 4.78 is 13.5. The van der Waals surface area contributed by atoms with Gasteiger partial charge in [0, 0.05) is 31.3 Å². The lowest BCUT2D eigenvalue weighted by molar-refractivity contribution is -0.120. The van der Waals surface area contributed by atoms with Crippen LogP contribution in [0, 0.1) is 23.1 Å². The Morgan fingerprint density at radius 3 is 2.31 bits per heavy atom. The number of carbonyl (C=O) groups is 2. The van der Waals surface area contributed by atoms with Crippen LogP contribution in [-0.2, 0) is 11.3 Å². The SMILES string of the molecule is CNC(=O)c1ccc(N(Cc2ccc(F)cc2)C(=O)CC2CCN(C/C=C/c3ccc(C#N)cc3)CC2)cc1. The Morgan fingerprint density at radius 2 is 1.69 bits per heavy atom. The molecule has 4 rings (SSSR count). The number of likely N-dealkylation sites (tertiary alicyclic amines) is 1. The van der Waals surface area contributed by atoms with Crippen molar-refractivity contribution < 1.29 is 14.0 Å². The highest BCUT2D eigenvalue weighted by Gasteiger charge is 2.25. The quantitative estimate of drug-likeness (QED) is 0.406. The van der Waals surface area contributed by atoms with Crippen LogP contribution in [0.5, 0.6) is 0 Å². The molecule has 0 radical (unpaired) electrons. The summed E-state index contributed by atoms with van der Waals surface area (Å²) in [7, 11) is 1.58. The predicted octanol–water partition coefficient (Wildman–Crippen LogP) is 5.41. The molecule has 0 saturated carbocycles. The molecule has 200 valence electrons. The number of carbonyl (C=O) groups excluding carboxylic acids is 2. The maximum absolute atomic E-state index is 13.5. The van der Waals surface area contributed by atoms with Gasteiger partial charge in [0.1, 0.15) is 5.82 Å². The molecule has 1 aliphatic heterocycles. The van der Waals surface area contributed by atoms with Crippen molar-refractivity contribution in [3.05, 3.63) is 107 Å². The van der Waals surface area contributed by atoms with Crippen molar-refractivity contribution >= 4 is 23.6 Å². The Balaban J connectivity index is 1.35. The molecule has 1 aliphatic rings. The topological polar surface area (TPSA) is 76.4 Å². The standard InChI is InChI=1S/C32H33FN4O2/c1-35-32(39)28-10-14-30(15-11-28)37(23-27-8-12-29(33)13-9-27)31(38)21-25-16-19-36(20-17-25)18-2-3-24-4-6-26(22-34)7-5-24/h2-15,25H,16-21,23H2,1H3,(H,35,39)/b3-2+. The highest BCUT2D eigenvalue weighted by atomic mass is 19.1. The number of hydrogen-bond donors (Lipinski definition) is 1. The maximum Gasteiger partial charge on any atom is 0.251 e. The summed E-state index contributed by atoms with van der Waals surface area (Å²) >= 11 is 0. The van der Waals surface area contributed by atoms with Crippen molar-refractivity contribution in [2.24, 2.45) is 5.92 Å². The summed E-state index contributed by atoms with van der Waals surface area (Å²) in [4.78, 5) is 29.6. The van der Waals surface area contributed by atoms with Crippen molar-refractivity contribution in [2.45, 2.75) is 25.8 Å². The van der Waals surface area contributed by atoms with Gasteiger partial charge in [-0.05, 0) is 91.5 Å². The zero-order valence-corrected chi connectivity index (χ0v) is 22.1. The molecule has 1 N–H and O–H groups in total. The highest BCUT2D eigenvalue weighted by Crippen LogP contribution is 2.25. The van der Waals surface area contributed by atoms with Gasteiger partial charge in [-0.25, -0.2) is 4.39 Å². The smallest absolute Gasteiger partial charge is 0.251 e. The van der Waals surface area contributed by atoms with Gasteiger partial charge < -0.3 is 10.2 Å². The minimum absolute atomic E-state index is 0.0196. The van der Waals surface area contributed by atoms with Crippen LogP contribution in [0.25, 0.3) is 6.08 Å². The van der Waals surface area contributed by atoms with Crippen molar-refractivity contribution in [2.75, 3.05) is 31.6 Å². The second-order valence-electron chi connectivity index (χ2n) is 9.82. The molecular weight excluding hydrogens is 491 g/mol. The average Bonchev–Trinajstić information content (AvgIpc) is 2.97. The largest absolute Gasteiger partial charge is 0.355 e. The van der Waals surface area contributed by atoms with Gasteiger partial charge in [-0.15, -0.1) is 0 Å². The Hall–Kier alpha value is -4.28. The van der Waals surface area contributed by atoms with E-state index in [9.17, 15) is 14.0 Å². The second-order valence-corrected chi connectivity index (χ2v) is 9.82. The molecule has 3 aromatic carbocycles. The van der Waals surface area contributed by atoms with Crippen molar-refractivity contribution in [3.8, 4) is 6.07 Å². The van der Waals surface area contributed by atoms with E-state index in [4.69, 9.17) is 5.26 Å². The lowest BCUT2D eigenvalue weighted by Crippen LogP contribution is -2.37. The number of anilines is 1. The first-order chi connectivity index (χ1) is 18.9. The van der Waals surface area contributed by atoms with Crippen LogP contribution in [-0.4, -0.2) is 43.4 Å². The van der Waals surface area contributed by atoms with E-state index in [0.29, 0.717) is 29.8 Å². The Bertz CT molecular complexity index is 1320. The summed E-state index contributed by atoms with van der Waals surface area (Å²) in [6.45, 7) is 3.02. The van der Waals surface area contributed by atoms with Crippen LogP contribution in [0.4, 0.5) is 10.1 Å². The van der Waals surface area contributed by atoms with E-state index in [-0.39, 0.29) is 23.5 Å². The summed E-state index contributed by atoms with van der Waals surface area (Å²) in [6, 6.07) is 22.8. The molecule has 0 atom stereocenters. The Labute approximate surface area is 229 Å². The van der Waals surface area contributed by atoms with E-state index in [1.807, 2.05) is 24.3 Å². The van der Waals surface area contributed by atoms with Gasteiger partial charge in [0.2, 0.25) is 5.91 Å². The number of nitrogens with one attached hydrogen (secondary N) is 1. The van der Waals surface area contributed by atoms with E-state index < -0.39 is 0 Å². The van der Waals surface area contributed by atoms with Crippen LogP contribution in [0.2, 0.25) is 0 Å². The highest BCUT2D eigenvalue weighted by molar-refractivity contribution is 5.96. The molecule has 1 saturated heterocycles. The lowest BCUT2D eigenvalue weighted by Gasteiger charge is -2.32. The third-order valence-corrected chi connectivity index (χ3v) is 7.11. The van der Waals surface area contributed by atoms with Crippen LogP contribution in [0.1, 0.15) is 46.3 Å². The van der Waals surface area contributed by atoms with E-state index in [2.05, 4.69) is 28.4 Å². The minimum atomic E-state index is -0.315. The average molecular weight is 525 g/mol. The third-order valence-electron chi connectivity index (χ3n) is 7.11. The number of benzene rings is 3. The fourth-order valence-electron chi connectivity index (χ4n) is 4.77. The zero-order chi connectivity index (χ0) is 27.6. The molecule has 0 unspecified atom stereocenters. The number of nitrogens with zero attached hydrogens (tertiary/aromatic N) is 3. The van der Waals surface area contributed by atoms with Crippen LogP contribution in [0.3, 0.4) is 0 Å². The van der Waals surface area contributed by atoms with Crippen LogP contribution < -0.4 is 10.2 Å². The molecule has 39 heavy (non-hydrogen) atoms. The van der Waals surface area contributed by atoms with Gasteiger partial charge in [-0.2, -0.15) is 5.26 Å². The number of rotatable bonds is 9. The van der Waals surface area contributed by atoms with Gasteiger partial charge in [-0.1, -0.05) is 36.4 Å². The van der Waals surface area contributed by atoms with E-state index in [0.717, 1.165) is 43.6 Å². The molecule has 1 heterocycles. The van der Waals surface area contributed by atoms with E-state index in [1.54, 1.807) is 48.3 Å². The monoisotopic (exact) mass is 524 g/mol. The normalized spacial score (nSPS) is 14.2. The molecule has 0 aliphatic carbocycles. The molecule has 1 fully saturated rings. The first kappa shape index (κ1) is 27.7. The molecule has 0 aromatic heterocycles. The van der Waals surface area contributed by atoms with Gasteiger partial charge in [0.15, 0.2) is 0 Å². The molecule has 3 aromatic rings. The van der Waals surface area contributed by atoms with Gasteiger partial charge in [0.05, 0.1) is 18.2 Å². The van der Waals surface area contributed by atoms with Gasteiger partial charge in [0.25, 0.3) is 5.91 Å². The van der Waals surface area contributed by atoms with Crippen LogP contribution in [0.15, 0.2) is 78.9 Å². The number of piperidine rings is 1. The summed E-state index contributed by atoms with van der Waals surface area (Å²) in [6.07, 6.45) is 6.53. The molecule has 0 bridgehead atoms. The predicted molar refractivity (Wildman–Crippen MR) is 151 cm³/mol. The van der Waals surface area contributed by atoms with Crippen molar-refractivity contribution in [1.82, 2.24) is 10.2 Å². The fourth-order valence-corrected chi connectivity index (χ4v) is 4.77. The van der Waals surface area contributed by atoms with Crippen molar-refractivity contribution in [1.29, 1.82) is 5.26 Å². The number of nitriles is 1. The first-order valence-corrected chi connectivity index (χ1v) is 13.2. The molecule has 7 heteroatoms. The Kier molecular flexibility index (Phi) is 9.60. The molecule has 2 amide bonds. The minimum Gasteiger partial charge on any atom is -0.355 e. The molecule has 0 spiro atoms. The fraction of sp³-hybridized carbons (Fsp3) is 0.281. The third kappa shape index (κ3) is 7.86. The summed E-state index contributed by atoms with van der Waals surface area (Å²) in [5.41, 5.74) is 3.79. The van der Waals surface area contributed by atoms with Crippen LogP contribution >= 0.6 is 0 Å². The number of amides is 2. The van der Waals surface area contributed by atoms with E-state index in [1.165, 1.54) is 12.1 Å². The van der Waals surface area contributed by atoms with E-state index >= 15 is 0 Å². The number of halogens is 1. The van der Waals surface area contributed by atoms with Gasteiger partial charge >= 0.3 is 0 Å². The van der Waals surface area contributed by atoms with Gasteiger partial charge in [-0.3, -0.25) is 14.5 Å². The second kappa shape index (κ2) is 13.5. The van der Waals surface area contributed by atoms with Crippen molar-refractivity contribution in [3.63, 3.8) is 0 Å². The number of hydrogen-bond acceptors (Lipinski definition) is 4. The lowest BCUT2D eigenvalue weighted by atomic mass is 9.92. The molecule has 6 nitrogen and oxygen atoms in total. The summed E-state index contributed by atoms with van der Waals surface area (Å²) in [5.74, 6) is -0.190. The maximum atomic E-state index is 13.5. The zero-order valence-electron chi connectivity index (χ0n) is 22.1. The summed E-state index contributed by atoms with van der Waals surface area (Å²) in [5, 5.41) is 11.5. The first-order valence-electron chi connectivity index (χ1n) is 13.2.